The van der Waals surface area contributed by atoms with Crippen LogP contribution < -0.4 is 26.0 Å². The number of ether oxygens (including phenoxy) is 1. The Morgan fingerprint density at radius 3 is 2.49 bits per heavy atom. The zero-order valence-electron chi connectivity index (χ0n) is 22.6. The second kappa shape index (κ2) is 12.5. The quantitative estimate of drug-likeness (QED) is 0.288. The molecule has 0 saturated heterocycles. The molecule has 0 aliphatic heterocycles. The van der Waals surface area contributed by atoms with E-state index in [9.17, 15) is 9.59 Å². The lowest BCUT2D eigenvalue weighted by Gasteiger charge is -2.26. The number of benzene rings is 2. The fourth-order valence-electron chi connectivity index (χ4n) is 4.07. The third-order valence-corrected chi connectivity index (χ3v) is 6.13. The summed E-state index contributed by atoms with van der Waals surface area (Å²) in [6.45, 7) is 5.11. The highest BCUT2D eigenvalue weighted by Gasteiger charge is 2.18. The Morgan fingerprint density at radius 2 is 1.82 bits per heavy atom. The second-order valence-electron chi connectivity index (χ2n) is 9.02. The van der Waals surface area contributed by atoms with Crippen LogP contribution >= 0.6 is 12.4 Å². The first-order chi connectivity index (χ1) is 18.2. The SMILES string of the molecule is C=CC(=O)Nc1cc(Nc2nccc(-n3c(=O)n(C)c4ccccc43)n2)c(OC)cc1N(C)CCN(C)C.Cl. The van der Waals surface area contributed by atoms with Crippen molar-refractivity contribution in [1.82, 2.24) is 24.0 Å². The molecule has 206 valence electrons. The van der Waals surface area contributed by atoms with Crippen LogP contribution in [0.5, 0.6) is 5.75 Å². The average Bonchev–Trinajstić information content (AvgIpc) is 3.17. The monoisotopic (exact) mass is 552 g/mol. The highest BCUT2D eigenvalue weighted by atomic mass is 35.5. The number of halogens is 1. The van der Waals surface area contributed by atoms with Crippen LogP contribution in [0, 0.1) is 0 Å². The minimum Gasteiger partial charge on any atom is -0.494 e. The molecule has 11 nitrogen and oxygen atoms in total. The van der Waals surface area contributed by atoms with Crippen molar-refractivity contribution in [3.05, 3.63) is 71.8 Å². The van der Waals surface area contributed by atoms with Gasteiger partial charge in [-0.05, 0) is 38.4 Å². The number of amides is 1. The minimum absolute atomic E-state index is 0. The number of imidazole rings is 1. The van der Waals surface area contributed by atoms with E-state index in [1.807, 2.05) is 56.4 Å². The zero-order valence-corrected chi connectivity index (χ0v) is 23.5. The maximum absolute atomic E-state index is 13.0. The van der Waals surface area contributed by atoms with E-state index in [1.165, 1.54) is 10.6 Å². The number of para-hydroxylation sites is 2. The third kappa shape index (κ3) is 6.21. The third-order valence-electron chi connectivity index (χ3n) is 6.13. The van der Waals surface area contributed by atoms with Crippen molar-refractivity contribution >= 4 is 52.4 Å². The van der Waals surface area contributed by atoms with Crippen LogP contribution in [0.15, 0.2) is 66.1 Å². The number of rotatable bonds is 10. The van der Waals surface area contributed by atoms with Gasteiger partial charge in [-0.25, -0.2) is 14.3 Å². The van der Waals surface area contributed by atoms with Crippen LogP contribution in [0.3, 0.4) is 0 Å². The summed E-state index contributed by atoms with van der Waals surface area (Å²) in [4.78, 5) is 38.3. The summed E-state index contributed by atoms with van der Waals surface area (Å²) in [7, 11) is 9.25. The molecular weight excluding hydrogens is 520 g/mol. The fourth-order valence-corrected chi connectivity index (χ4v) is 4.07. The van der Waals surface area contributed by atoms with Gasteiger partial charge in [-0.2, -0.15) is 4.98 Å². The van der Waals surface area contributed by atoms with E-state index in [0.29, 0.717) is 22.9 Å². The predicted octanol–water partition coefficient (Wildman–Crippen LogP) is 3.42. The summed E-state index contributed by atoms with van der Waals surface area (Å²) in [5, 5.41) is 6.06. The van der Waals surface area contributed by atoms with E-state index in [4.69, 9.17) is 4.74 Å². The first-order valence-corrected chi connectivity index (χ1v) is 12.0. The molecule has 0 spiro atoms. The number of aromatic nitrogens is 4. The molecule has 1 amide bonds. The minimum atomic E-state index is -0.336. The fraction of sp³-hybridized carbons (Fsp3) is 0.259. The zero-order chi connectivity index (χ0) is 27.4. The van der Waals surface area contributed by atoms with Crippen LogP contribution in [0.4, 0.5) is 23.0 Å². The van der Waals surface area contributed by atoms with Gasteiger partial charge in [0, 0.05) is 45.5 Å². The molecule has 0 radical (unpaired) electrons. The van der Waals surface area contributed by atoms with Crippen molar-refractivity contribution in [3.8, 4) is 11.6 Å². The molecule has 2 N–H and O–H groups in total. The summed E-state index contributed by atoms with van der Waals surface area (Å²) < 4.78 is 8.79. The van der Waals surface area contributed by atoms with Crippen molar-refractivity contribution in [1.29, 1.82) is 0 Å². The van der Waals surface area contributed by atoms with E-state index >= 15 is 0 Å². The number of likely N-dealkylation sites (N-methyl/N-ethyl adjacent to an activating group) is 2. The number of hydrogen-bond acceptors (Lipinski definition) is 8. The Labute approximate surface area is 233 Å². The van der Waals surface area contributed by atoms with Crippen LogP contribution in [-0.2, 0) is 11.8 Å². The number of anilines is 4. The van der Waals surface area contributed by atoms with Crippen molar-refractivity contribution < 1.29 is 9.53 Å². The lowest BCUT2D eigenvalue weighted by Crippen LogP contribution is -2.29. The normalized spacial score (nSPS) is 10.7. The number of nitrogens with zero attached hydrogens (tertiary/aromatic N) is 6. The smallest absolute Gasteiger partial charge is 0.334 e. The summed E-state index contributed by atoms with van der Waals surface area (Å²) >= 11 is 0. The first-order valence-electron chi connectivity index (χ1n) is 12.0. The van der Waals surface area contributed by atoms with Gasteiger partial charge in [-0.1, -0.05) is 18.7 Å². The van der Waals surface area contributed by atoms with Crippen molar-refractivity contribution in [2.45, 2.75) is 0 Å². The lowest BCUT2D eigenvalue weighted by atomic mass is 10.2. The molecule has 0 bridgehead atoms. The van der Waals surface area contributed by atoms with Gasteiger partial charge in [0.25, 0.3) is 0 Å². The number of carbonyl (C=O) groups is 1. The van der Waals surface area contributed by atoms with Crippen molar-refractivity contribution in [3.63, 3.8) is 0 Å². The summed E-state index contributed by atoms with van der Waals surface area (Å²) in [6.07, 6.45) is 2.80. The molecule has 0 aliphatic rings. The topological polar surface area (TPSA) is 110 Å². The molecule has 0 unspecified atom stereocenters. The number of methoxy groups -OCH3 is 1. The van der Waals surface area contributed by atoms with Gasteiger partial charge in [0.15, 0.2) is 0 Å². The molecule has 0 atom stereocenters. The van der Waals surface area contributed by atoms with Gasteiger partial charge in [-0.15, -0.1) is 12.4 Å². The molecule has 0 aliphatic carbocycles. The summed E-state index contributed by atoms with van der Waals surface area (Å²) in [6, 6.07) is 12.8. The number of nitrogens with one attached hydrogen (secondary N) is 2. The second-order valence-corrected chi connectivity index (χ2v) is 9.02. The van der Waals surface area contributed by atoms with Crippen molar-refractivity contribution in [2.24, 2.45) is 7.05 Å². The Morgan fingerprint density at radius 1 is 1.10 bits per heavy atom. The maximum atomic E-state index is 13.0. The predicted molar refractivity (Wildman–Crippen MR) is 158 cm³/mol. The highest BCUT2D eigenvalue weighted by molar-refractivity contribution is 6.02. The summed E-state index contributed by atoms with van der Waals surface area (Å²) in [5.74, 6) is 0.875. The Bertz CT molecular complexity index is 1550. The highest BCUT2D eigenvalue weighted by Crippen LogP contribution is 2.38. The maximum Gasteiger partial charge on any atom is 0.334 e. The molecule has 4 aromatic rings. The number of fused-ring (bicyclic) bond motifs is 1. The van der Waals surface area contributed by atoms with E-state index in [-0.39, 0.29) is 30.0 Å². The van der Waals surface area contributed by atoms with Gasteiger partial charge >= 0.3 is 5.69 Å². The Balaban J connectivity index is 0.00000420. The molecule has 0 saturated carbocycles. The first kappa shape index (κ1) is 29.2. The van der Waals surface area contributed by atoms with Crippen LogP contribution in [0.2, 0.25) is 0 Å². The van der Waals surface area contributed by atoms with Gasteiger partial charge in [-0.3, -0.25) is 9.36 Å². The van der Waals surface area contributed by atoms with Crippen LogP contribution in [-0.4, -0.2) is 71.3 Å². The molecule has 12 heteroatoms. The Kier molecular flexibility index (Phi) is 9.33. The molecule has 39 heavy (non-hydrogen) atoms. The van der Waals surface area contributed by atoms with Crippen LogP contribution in [0.1, 0.15) is 0 Å². The average molecular weight is 553 g/mol. The number of aryl methyl sites for hydroxylation is 1. The molecule has 2 aromatic heterocycles. The van der Waals surface area contributed by atoms with E-state index in [1.54, 1.807) is 37.1 Å². The van der Waals surface area contributed by atoms with E-state index < -0.39 is 0 Å². The van der Waals surface area contributed by atoms with E-state index in [0.717, 1.165) is 29.8 Å². The molecule has 2 heterocycles. The molecule has 2 aromatic carbocycles. The Hall–Kier alpha value is -4.35. The molecule has 0 fully saturated rings. The molecule has 4 rings (SSSR count). The van der Waals surface area contributed by atoms with Crippen molar-refractivity contribution in [2.75, 3.05) is 56.9 Å². The van der Waals surface area contributed by atoms with Gasteiger partial charge < -0.3 is 25.2 Å². The van der Waals surface area contributed by atoms with Gasteiger partial charge in [0.1, 0.15) is 11.6 Å². The van der Waals surface area contributed by atoms with Gasteiger partial charge in [0.2, 0.25) is 11.9 Å². The van der Waals surface area contributed by atoms with E-state index in [2.05, 4.69) is 32.1 Å². The summed E-state index contributed by atoms with van der Waals surface area (Å²) in [5.41, 5.74) is 3.21. The van der Waals surface area contributed by atoms with Crippen LogP contribution in [0.25, 0.3) is 16.9 Å². The lowest BCUT2D eigenvalue weighted by molar-refractivity contribution is -0.111. The number of hydrogen-bond donors (Lipinski definition) is 2. The number of carbonyl (C=O) groups excluding carboxylic acids is 1. The molecular formula is C27H33ClN8O3. The largest absolute Gasteiger partial charge is 0.494 e. The standard InChI is InChI=1S/C27H32N8O3.ClH/c1-7-25(36)29-18-16-19(23(38-6)17-22(18)33(4)15-14-32(2)3)30-26-28-13-12-24(31-26)35-21-11-9-8-10-20(21)34(5)27(35)37;/h7-13,16-17H,1,14-15H2,2-6H3,(H,29,36)(H,28,30,31);1H. The van der Waals surface area contributed by atoms with Gasteiger partial charge in [0.05, 0.1) is 35.2 Å².